The fourth-order valence-corrected chi connectivity index (χ4v) is 2.64. The molecule has 0 unspecified atom stereocenters. The van der Waals surface area contributed by atoms with Gasteiger partial charge in [-0.05, 0) is 18.2 Å². The van der Waals surface area contributed by atoms with Gasteiger partial charge in [-0.15, -0.1) is 0 Å². The molecule has 0 atom stereocenters. The number of hydrogen-bond donors (Lipinski definition) is 1. The number of alkyl halides is 3. The van der Waals surface area contributed by atoms with Crippen LogP contribution in [0.3, 0.4) is 0 Å². The Morgan fingerprint density at radius 2 is 1.81 bits per heavy atom. The van der Waals surface area contributed by atoms with E-state index in [1.165, 1.54) is 19.1 Å². The average molecular weight is 363 g/mol. The molecule has 0 saturated carbocycles. The molecule has 26 heavy (non-hydrogen) atoms. The van der Waals surface area contributed by atoms with Gasteiger partial charge in [-0.2, -0.15) is 23.7 Å². The van der Waals surface area contributed by atoms with E-state index >= 15 is 0 Å². The van der Waals surface area contributed by atoms with E-state index in [1.54, 1.807) is 21.9 Å². The Labute approximate surface area is 148 Å². The fourth-order valence-electron chi connectivity index (χ4n) is 2.64. The second-order valence-electron chi connectivity index (χ2n) is 5.65. The maximum absolute atomic E-state index is 13.5. The minimum Gasteiger partial charge on any atom is -0.367 e. The molecular weight excluding hydrogens is 347 g/mol. The van der Waals surface area contributed by atoms with Crippen molar-refractivity contribution in [1.82, 2.24) is 4.90 Å². The summed E-state index contributed by atoms with van der Waals surface area (Å²) in [6.45, 7) is 2.78. The highest BCUT2D eigenvalue weighted by Gasteiger charge is 2.36. The quantitative estimate of drug-likeness (QED) is 0.835. The van der Waals surface area contributed by atoms with Crippen molar-refractivity contribution in [3.05, 3.63) is 35.5 Å². The first-order valence-corrected chi connectivity index (χ1v) is 7.75. The van der Waals surface area contributed by atoms with Crippen molar-refractivity contribution < 1.29 is 18.0 Å². The minimum absolute atomic E-state index is 0.0380. The number of hydrogen-bond acceptors (Lipinski definition) is 5. The number of halogens is 3. The molecule has 1 aromatic rings. The van der Waals surface area contributed by atoms with Crippen LogP contribution in [0.1, 0.15) is 12.5 Å². The SMILES string of the molecule is CC(=O)N1CCN(c2ccc(NC=C(C#N)C#N)cc2C(F)(F)F)CC1. The third kappa shape index (κ3) is 4.45. The summed E-state index contributed by atoms with van der Waals surface area (Å²) in [7, 11) is 0. The van der Waals surface area contributed by atoms with Crippen molar-refractivity contribution in [2.75, 3.05) is 36.4 Å². The van der Waals surface area contributed by atoms with E-state index in [2.05, 4.69) is 5.32 Å². The lowest BCUT2D eigenvalue weighted by Crippen LogP contribution is -2.48. The monoisotopic (exact) mass is 363 g/mol. The van der Waals surface area contributed by atoms with Crippen LogP contribution in [0, 0.1) is 22.7 Å². The normalized spacial score (nSPS) is 14.2. The summed E-state index contributed by atoms with van der Waals surface area (Å²) in [5.74, 6) is -0.0992. The van der Waals surface area contributed by atoms with Crippen molar-refractivity contribution in [2.24, 2.45) is 0 Å². The predicted molar refractivity (Wildman–Crippen MR) is 88.8 cm³/mol. The van der Waals surface area contributed by atoms with Crippen molar-refractivity contribution in [1.29, 1.82) is 10.5 Å². The number of nitriles is 2. The second kappa shape index (κ2) is 7.79. The molecule has 0 bridgehead atoms. The van der Waals surface area contributed by atoms with Crippen LogP contribution >= 0.6 is 0 Å². The number of anilines is 2. The summed E-state index contributed by atoms with van der Waals surface area (Å²) in [5, 5.41) is 19.9. The third-order valence-electron chi connectivity index (χ3n) is 3.99. The molecule has 0 aromatic heterocycles. The standard InChI is InChI=1S/C17H16F3N5O/c1-12(26)24-4-6-25(7-5-24)16-3-2-14(8-15(16)17(18,19)20)23-11-13(9-21)10-22/h2-3,8,11,23H,4-7H2,1H3. The van der Waals surface area contributed by atoms with Crippen LogP contribution in [-0.2, 0) is 11.0 Å². The Balaban J connectivity index is 2.28. The molecule has 9 heteroatoms. The van der Waals surface area contributed by atoms with Crippen LogP contribution in [0.15, 0.2) is 30.0 Å². The minimum atomic E-state index is -4.57. The van der Waals surface area contributed by atoms with Gasteiger partial charge in [0.2, 0.25) is 5.91 Å². The fraction of sp³-hybridized carbons (Fsp3) is 0.353. The molecule has 1 N–H and O–H groups in total. The van der Waals surface area contributed by atoms with Gasteiger partial charge in [0, 0.05) is 50.7 Å². The largest absolute Gasteiger partial charge is 0.418 e. The van der Waals surface area contributed by atoms with Crippen molar-refractivity contribution in [3.8, 4) is 12.1 Å². The summed E-state index contributed by atoms with van der Waals surface area (Å²) >= 11 is 0. The van der Waals surface area contributed by atoms with Gasteiger partial charge in [-0.3, -0.25) is 4.79 Å². The number of allylic oxidation sites excluding steroid dienone is 1. The molecule has 6 nitrogen and oxygen atoms in total. The van der Waals surface area contributed by atoms with Crippen LogP contribution < -0.4 is 10.2 Å². The zero-order valence-electron chi connectivity index (χ0n) is 14.0. The lowest BCUT2D eigenvalue weighted by atomic mass is 10.1. The van der Waals surface area contributed by atoms with Gasteiger partial charge >= 0.3 is 6.18 Å². The van der Waals surface area contributed by atoms with Crippen LogP contribution in [0.25, 0.3) is 0 Å². The van der Waals surface area contributed by atoms with E-state index in [0.717, 1.165) is 12.3 Å². The molecule has 1 aliphatic rings. The summed E-state index contributed by atoms with van der Waals surface area (Å²) in [4.78, 5) is 14.5. The van der Waals surface area contributed by atoms with Crippen LogP contribution in [0.4, 0.5) is 24.5 Å². The summed E-state index contributed by atoms with van der Waals surface area (Å²) in [6.07, 6.45) is -3.51. The lowest BCUT2D eigenvalue weighted by molar-refractivity contribution is -0.137. The number of piperazine rings is 1. The van der Waals surface area contributed by atoms with E-state index in [4.69, 9.17) is 10.5 Å². The Kier molecular flexibility index (Phi) is 5.73. The van der Waals surface area contributed by atoms with Crippen molar-refractivity contribution in [3.63, 3.8) is 0 Å². The van der Waals surface area contributed by atoms with Gasteiger partial charge in [-0.1, -0.05) is 0 Å². The highest BCUT2D eigenvalue weighted by atomic mass is 19.4. The van der Waals surface area contributed by atoms with Crippen LogP contribution in [0.2, 0.25) is 0 Å². The van der Waals surface area contributed by atoms with Gasteiger partial charge in [0.15, 0.2) is 0 Å². The van der Waals surface area contributed by atoms with Gasteiger partial charge in [0.1, 0.15) is 17.7 Å². The summed E-state index contributed by atoms with van der Waals surface area (Å²) in [6, 6.07) is 6.97. The number of nitrogens with zero attached hydrogens (tertiary/aromatic N) is 4. The summed E-state index contributed by atoms with van der Waals surface area (Å²) in [5.41, 5.74) is -0.909. The first kappa shape index (κ1) is 19.1. The second-order valence-corrected chi connectivity index (χ2v) is 5.65. The topological polar surface area (TPSA) is 83.2 Å². The maximum atomic E-state index is 13.5. The highest BCUT2D eigenvalue weighted by Crippen LogP contribution is 2.38. The number of carbonyl (C=O) groups excluding carboxylic acids is 1. The Morgan fingerprint density at radius 3 is 2.31 bits per heavy atom. The predicted octanol–water partition coefficient (Wildman–Crippen LogP) is 2.72. The third-order valence-corrected chi connectivity index (χ3v) is 3.99. The lowest BCUT2D eigenvalue weighted by Gasteiger charge is -2.36. The highest BCUT2D eigenvalue weighted by molar-refractivity contribution is 5.73. The van der Waals surface area contributed by atoms with Crippen molar-refractivity contribution in [2.45, 2.75) is 13.1 Å². The number of amides is 1. The average Bonchev–Trinajstić information content (AvgIpc) is 2.62. The first-order chi connectivity index (χ1) is 12.3. The van der Waals surface area contributed by atoms with Gasteiger partial charge in [0.25, 0.3) is 0 Å². The molecular formula is C17H16F3N5O. The Bertz CT molecular complexity index is 780. The smallest absolute Gasteiger partial charge is 0.367 e. The number of rotatable bonds is 3. The molecule has 1 fully saturated rings. The molecule has 0 spiro atoms. The van der Waals surface area contributed by atoms with Gasteiger partial charge in [-0.25, -0.2) is 0 Å². The van der Waals surface area contributed by atoms with E-state index in [-0.39, 0.29) is 22.9 Å². The Morgan fingerprint density at radius 1 is 1.19 bits per heavy atom. The Hall–Kier alpha value is -3.20. The van der Waals surface area contributed by atoms with Gasteiger partial charge in [0.05, 0.1) is 5.56 Å². The molecule has 1 aromatic carbocycles. The molecule has 136 valence electrons. The molecule has 1 saturated heterocycles. The van der Waals surface area contributed by atoms with Crippen LogP contribution in [-0.4, -0.2) is 37.0 Å². The van der Waals surface area contributed by atoms with E-state index in [0.29, 0.717) is 26.2 Å². The number of benzene rings is 1. The number of nitrogens with one attached hydrogen (secondary N) is 1. The van der Waals surface area contributed by atoms with Gasteiger partial charge < -0.3 is 15.1 Å². The maximum Gasteiger partial charge on any atom is 0.418 e. The molecule has 0 radical (unpaired) electrons. The molecule has 1 aliphatic heterocycles. The molecule has 1 amide bonds. The van der Waals surface area contributed by atoms with E-state index in [1.807, 2.05) is 0 Å². The zero-order chi connectivity index (χ0) is 19.3. The summed E-state index contributed by atoms with van der Waals surface area (Å²) < 4.78 is 40.4. The zero-order valence-corrected chi connectivity index (χ0v) is 14.0. The first-order valence-electron chi connectivity index (χ1n) is 7.75. The molecule has 0 aliphatic carbocycles. The molecule has 2 rings (SSSR count). The van der Waals surface area contributed by atoms with Crippen molar-refractivity contribution >= 4 is 17.3 Å². The van der Waals surface area contributed by atoms with E-state index in [9.17, 15) is 18.0 Å². The number of carbonyl (C=O) groups is 1. The van der Waals surface area contributed by atoms with E-state index < -0.39 is 11.7 Å². The molecule has 1 heterocycles. The van der Waals surface area contributed by atoms with Crippen LogP contribution in [0.5, 0.6) is 0 Å².